The summed E-state index contributed by atoms with van der Waals surface area (Å²) in [4.78, 5) is 50.6. The van der Waals surface area contributed by atoms with Crippen molar-refractivity contribution in [1.82, 2.24) is 4.90 Å². The first-order valence-corrected chi connectivity index (χ1v) is 9.31. The second-order valence-corrected chi connectivity index (χ2v) is 7.02. The summed E-state index contributed by atoms with van der Waals surface area (Å²) in [6, 6.07) is 18.5. The molecule has 0 bridgehead atoms. The van der Waals surface area contributed by atoms with E-state index in [4.69, 9.17) is 0 Å². The molecule has 4 rings (SSSR count). The molecule has 3 aromatic rings. The molecule has 1 aliphatic heterocycles. The van der Waals surface area contributed by atoms with Gasteiger partial charge < -0.3 is 9.90 Å². The summed E-state index contributed by atoms with van der Waals surface area (Å²) in [6.07, 6.45) is 0. The number of aromatic carboxylic acids is 1. The fourth-order valence-electron chi connectivity index (χ4n) is 3.56. The number of benzene rings is 3. The molecule has 6 heteroatoms. The number of amides is 2. The number of carboxylic acid groups (broad SMARTS) is 1. The molecule has 1 aliphatic rings. The van der Waals surface area contributed by atoms with Crippen LogP contribution in [-0.2, 0) is 0 Å². The van der Waals surface area contributed by atoms with Crippen LogP contribution in [0.2, 0.25) is 0 Å². The van der Waals surface area contributed by atoms with Crippen LogP contribution < -0.4 is 5.11 Å². The molecular weight excluding hydrogens is 382 g/mol. The maximum absolute atomic E-state index is 13.0. The van der Waals surface area contributed by atoms with Crippen molar-refractivity contribution in [3.8, 4) is 0 Å². The van der Waals surface area contributed by atoms with Gasteiger partial charge in [-0.3, -0.25) is 19.3 Å². The number of ketones is 1. The zero-order valence-corrected chi connectivity index (χ0v) is 16.0. The second-order valence-electron chi connectivity index (χ2n) is 7.02. The number of nitrogens with zero attached hydrogens (tertiary/aromatic N) is 1. The van der Waals surface area contributed by atoms with E-state index >= 15 is 0 Å². The van der Waals surface area contributed by atoms with Crippen LogP contribution in [0.3, 0.4) is 0 Å². The normalized spacial score (nSPS) is 13.8. The highest BCUT2D eigenvalue weighted by Gasteiger charge is 2.39. The summed E-state index contributed by atoms with van der Waals surface area (Å²) in [6.45, 7) is 1.78. The lowest BCUT2D eigenvalue weighted by Gasteiger charge is -2.22. The van der Waals surface area contributed by atoms with Gasteiger partial charge in [0, 0.05) is 11.1 Å². The van der Waals surface area contributed by atoms with Crippen molar-refractivity contribution in [1.29, 1.82) is 0 Å². The molecule has 2 amide bonds. The molecule has 0 N–H and O–H groups in total. The topological polar surface area (TPSA) is 94.6 Å². The van der Waals surface area contributed by atoms with Crippen LogP contribution in [0.15, 0.2) is 72.8 Å². The number of fused-ring (bicyclic) bond motifs is 1. The Morgan fingerprint density at radius 2 is 1.33 bits per heavy atom. The zero-order valence-electron chi connectivity index (χ0n) is 16.0. The Bertz CT molecular complexity index is 1180. The molecule has 30 heavy (non-hydrogen) atoms. The highest BCUT2D eigenvalue weighted by atomic mass is 16.4. The van der Waals surface area contributed by atoms with Crippen molar-refractivity contribution in [3.63, 3.8) is 0 Å². The Labute approximate surface area is 172 Å². The van der Waals surface area contributed by atoms with Gasteiger partial charge in [0.15, 0.2) is 5.78 Å². The van der Waals surface area contributed by atoms with E-state index in [-0.39, 0.29) is 33.6 Å². The van der Waals surface area contributed by atoms with Crippen LogP contribution in [0.25, 0.3) is 0 Å². The summed E-state index contributed by atoms with van der Waals surface area (Å²) in [5, 5.41) is 10.9. The van der Waals surface area contributed by atoms with Crippen LogP contribution >= 0.6 is 0 Å². The van der Waals surface area contributed by atoms with Gasteiger partial charge in [0.05, 0.1) is 23.1 Å². The molecule has 1 atom stereocenters. The van der Waals surface area contributed by atoms with Crippen LogP contribution in [-0.4, -0.2) is 28.5 Å². The number of hydrogen-bond acceptors (Lipinski definition) is 5. The molecule has 6 nitrogen and oxygen atoms in total. The number of carbonyl (C=O) groups is 4. The first-order valence-electron chi connectivity index (χ1n) is 9.31. The summed E-state index contributed by atoms with van der Waals surface area (Å²) in [5.41, 5.74) is 1.74. The molecule has 0 aliphatic carbocycles. The summed E-state index contributed by atoms with van der Waals surface area (Å²) < 4.78 is 0. The van der Waals surface area contributed by atoms with Gasteiger partial charge in [-0.05, 0) is 30.2 Å². The molecule has 0 fully saturated rings. The van der Waals surface area contributed by atoms with E-state index in [2.05, 4.69) is 0 Å². The van der Waals surface area contributed by atoms with Gasteiger partial charge in [-0.2, -0.15) is 0 Å². The van der Waals surface area contributed by atoms with Crippen molar-refractivity contribution in [3.05, 3.63) is 106 Å². The number of rotatable bonds is 5. The minimum Gasteiger partial charge on any atom is -0.545 e. The van der Waals surface area contributed by atoms with Crippen LogP contribution in [0, 0.1) is 0 Å². The maximum Gasteiger partial charge on any atom is 0.262 e. The van der Waals surface area contributed by atoms with Crippen molar-refractivity contribution in [2.24, 2.45) is 0 Å². The maximum atomic E-state index is 13.0. The molecule has 0 saturated carbocycles. The van der Waals surface area contributed by atoms with Gasteiger partial charge >= 0.3 is 0 Å². The third-order valence-electron chi connectivity index (χ3n) is 5.23. The van der Waals surface area contributed by atoms with Crippen molar-refractivity contribution in [2.45, 2.75) is 13.0 Å². The van der Waals surface area contributed by atoms with E-state index in [0.29, 0.717) is 0 Å². The predicted molar refractivity (Wildman–Crippen MR) is 106 cm³/mol. The highest BCUT2D eigenvalue weighted by Crippen LogP contribution is 2.32. The van der Waals surface area contributed by atoms with Crippen molar-refractivity contribution in [2.75, 3.05) is 0 Å². The van der Waals surface area contributed by atoms with Crippen LogP contribution in [0.1, 0.15) is 65.5 Å². The molecular formula is C24H16NO5-. The molecule has 0 spiro atoms. The Morgan fingerprint density at radius 3 is 1.97 bits per heavy atom. The molecule has 3 aromatic carbocycles. The van der Waals surface area contributed by atoms with Gasteiger partial charge in [-0.1, -0.05) is 60.7 Å². The van der Waals surface area contributed by atoms with Crippen molar-refractivity contribution < 1.29 is 24.3 Å². The molecule has 1 heterocycles. The minimum atomic E-state index is -1.33. The largest absolute Gasteiger partial charge is 0.545 e. The van der Waals surface area contributed by atoms with Crippen LogP contribution in [0.4, 0.5) is 0 Å². The monoisotopic (exact) mass is 398 g/mol. The number of carboxylic acids is 1. The standard InChI is InChI=1S/C24H17NO5/c1-14(15-5-3-2-4-6-15)25-22(27)19-12-11-18(13-20(19)23(25)28)21(26)16-7-9-17(10-8-16)24(29)30/h2-14H,1H3,(H,29,30)/p-1/t14-/m1/s1. The van der Waals surface area contributed by atoms with Crippen LogP contribution in [0.5, 0.6) is 0 Å². The van der Waals surface area contributed by atoms with Gasteiger partial charge in [0.2, 0.25) is 0 Å². The lowest BCUT2D eigenvalue weighted by atomic mass is 9.98. The number of hydrogen-bond donors (Lipinski definition) is 0. The van der Waals surface area contributed by atoms with Gasteiger partial charge in [-0.15, -0.1) is 0 Å². The third kappa shape index (κ3) is 3.18. The molecule has 0 radical (unpaired) electrons. The average Bonchev–Trinajstić information content (AvgIpc) is 3.03. The SMILES string of the molecule is C[C@H](c1ccccc1)N1C(=O)c2ccc(C(=O)c3ccc(C(=O)[O-])cc3)cc2C1=O. The van der Waals surface area contributed by atoms with E-state index in [9.17, 15) is 24.3 Å². The molecule has 0 unspecified atom stereocenters. The zero-order chi connectivity index (χ0) is 21.4. The molecule has 148 valence electrons. The lowest BCUT2D eigenvalue weighted by molar-refractivity contribution is -0.255. The Hall–Kier alpha value is -4.06. The first-order chi connectivity index (χ1) is 14.4. The van der Waals surface area contributed by atoms with E-state index < -0.39 is 23.8 Å². The van der Waals surface area contributed by atoms with E-state index in [1.165, 1.54) is 47.4 Å². The molecule has 0 aromatic heterocycles. The summed E-state index contributed by atoms with van der Waals surface area (Å²) in [7, 11) is 0. The highest BCUT2D eigenvalue weighted by molar-refractivity contribution is 6.22. The lowest BCUT2D eigenvalue weighted by Crippen LogP contribution is -2.32. The van der Waals surface area contributed by atoms with Gasteiger partial charge in [0.25, 0.3) is 11.8 Å². The quantitative estimate of drug-likeness (QED) is 0.486. The Morgan fingerprint density at radius 1 is 0.767 bits per heavy atom. The Balaban J connectivity index is 1.65. The average molecular weight is 398 g/mol. The van der Waals surface area contributed by atoms with Crippen molar-refractivity contribution >= 4 is 23.6 Å². The fraction of sp³-hybridized carbons (Fsp3) is 0.0833. The third-order valence-corrected chi connectivity index (χ3v) is 5.23. The first kappa shape index (κ1) is 19.3. The van der Waals surface area contributed by atoms with Gasteiger partial charge in [0.1, 0.15) is 0 Å². The fourth-order valence-corrected chi connectivity index (χ4v) is 3.56. The van der Waals surface area contributed by atoms with E-state index in [1.807, 2.05) is 30.3 Å². The summed E-state index contributed by atoms with van der Waals surface area (Å²) in [5.74, 6) is -2.56. The Kier molecular flexibility index (Phi) is 4.75. The van der Waals surface area contributed by atoms with E-state index in [1.54, 1.807) is 6.92 Å². The van der Waals surface area contributed by atoms with Gasteiger partial charge in [-0.25, -0.2) is 0 Å². The number of carbonyl (C=O) groups excluding carboxylic acids is 4. The number of imide groups is 1. The van der Waals surface area contributed by atoms with E-state index in [0.717, 1.165) is 5.56 Å². The predicted octanol–water partition coefficient (Wildman–Crippen LogP) is 2.64. The smallest absolute Gasteiger partial charge is 0.262 e. The molecule has 0 saturated heterocycles. The second kappa shape index (κ2) is 7.40. The minimum absolute atomic E-state index is 0.0354. The summed E-state index contributed by atoms with van der Waals surface area (Å²) >= 11 is 0.